The van der Waals surface area contributed by atoms with E-state index in [0.717, 1.165) is 24.2 Å². The molecule has 1 aromatic heterocycles. The third kappa shape index (κ3) is 4.16. The molecule has 150 valence electrons. The summed E-state index contributed by atoms with van der Waals surface area (Å²) < 4.78 is 7.80. The number of likely N-dealkylation sites (tertiary alicyclic amines) is 1. The fourth-order valence-corrected chi connectivity index (χ4v) is 3.75. The minimum atomic E-state index is -0.131. The SMILES string of the molecule is Cc1ccc(C)c(OC2CCN(C(=O)Cn3ncc(=O)c4ccccc43)CC2)c1. The Balaban J connectivity index is 1.39. The molecule has 6 nitrogen and oxygen atoms in total. The van der Waals surface area contributed by atoms with Gasteiger partial charge in [0.05, 0.1) is 11.7 Å². The van der Waals surface area contributed by atoms with Crippen LogP contribution in [0.1, 0.15) is 24.0 Å². The van der Waals surface area contributed by atoms with Gasteiger partial charge in [0.2, 0.25) is 11.3 Å². The van der Waals surface area contributed by atoms with Gasteiger partial charge in [0.25, 0.3) is 0 Å². The van der Waals surface area contributed by atoms with E-state index in [-0.39, 0.29) is 24.0 Å². The fraction of sp³-hybridized carbons (Fsp3) is 0.348. The maximum atomic E-state index is 12.8. The molecule has 2 heterocycles. The summed E-state index contributed by atoms with van der Waals surface area (Å²) in [4.78, 5) is 26.6. The van der Waals surface area contributed by atoms with Crippen LogP contribution in [-0.2, 0) is 11.3 Å². The Hall–Kier alpha value is -3.15. The van der Waals surface area contributed by atoms with E-state index < -0.39 is 0 Å². The van der Waals surface area contributed by atoms with Gasteiger partial charge in [-0.05, 0) is 43.2 Å². The summed E-state index contributed by atoms with van der Waals surface area (Å²) in [6.45, 7) is 5.56. The molecule has 0 radical (unpaired) electrons. The minimum absolute atomic E-state index is 0.0106. The molecule has 0 saturated carbocycles. The predicted molar refractivity (Wildman–Crippen MR) is 112 cm³/mol. The monoisotopic (exact) mass is 391 g/mol. The molecule has 0 unspecified atom stereocenters. The van der Waals surface area contributed by atoms with Gasteiger partial charge in [-0.25, -0.2) is 0 Å². The van der Waals surface area contributed by atoms with Crippen molar-refractivity contribution in [1.82, 2.24) is 14.7 Å². The first kappa shape index (κ1) is 19.2. The zero-order chi connectivity index (χ0) is 20.4. The van der Waals surface area contributed by atoms with Gasteiger partial charge in [-0.15, -0.1) is 0 Å². The van der Waals surface area contributed by atoms with Crippen LogP contribution in [0.4, 0.5) is 0 Å². The molecule has 0 bridgehead atoms. The number of benzene rings is 2. The predicted octanol–water partition coefficient (Wildman–Crippen LogP) is 3.08. The Morgan fingerprint density at radius 3 is 2.69 bits per heavy atom. The third-order valence-corrected chi connectivity index (χ3v) is 5.48. The smallest absolute Gasteiger partial charge is 0.244 e. The molecule has 1 amide bonds. The van der Waals surface area contributed by atoms with Crippen molar-refractivity contribution in [3.63, 3.8) is 0 Å². The lowest BCUT2D eigenvalue weighted by Crippen LogP contribution is -2.43. The number of hydrogen-bond acceptors (Lipinski definition) is 4. The van der Waals surface area contributed by atoms with E-state index in [2.05, 4.69) is 37.1 Å². The van der Waals surface area contributed by atoms with Crippen LogP contribution in [0.2, 0.25) is 0 Å². The highest BCUT2D eigenvalue weighted by atomic mass is 16.5. The maximum Gasteiger partial charge on any atom is 0.244 e. The van der Waals surface area contributed by atoms with Crippen molar-refractivity contribution in [3.05, 3.63) is 70.0 Å². The second kappa shape index (κ2) is 8.07. The first-order valence-electron chi connectivity index (χ1n) is 9.98. The Kier molecular flexibility index (Phi) is 5.34. The lowest BCUT2D eigenvalue weighted by Gasteiger charge is -2.32. The van der Waals surface area contributed by atoms with Gasteiger partial charge in [-0.1, -0.05) is 24.3 Å². The second-order valence-corrected chi connectivity index (χ2v) is 7.65. The number of amides is 1. The van der Waals surface area contributed by atoms with Gasteiger partial charge in [0.1, 0.15) is 18.4 Å². The molecule has 29 heavy (non-hydrogen) atoms. The Bertz CT molecular complexity index is 1100. The number of para-hydroxylation sites is 1. The maximum absolute atomic E-state index is 12.8. The molecule has 1 aliphatic rings. The molecule has 4 rings (SSSR count). The molecule has 1 fully saturated rings. The topological polar surface area (TPSA) is 64.4 Å². The van der Waals surface area contributed by atoms with E-state index in [1.54, 1.807) is 10.7 Å². The van der Waals surface area contributed by atoms with Crippen molar-refractivity contribution in [2.45, 2.75) is 39.3 Å². The normalized spacial score (nSPS) is 14.9. The molecule has 0 N–H and O–H groups in total. The number of carbonyl (C=O) groups excluding carboxylic acids is 1. The standard InChI is InChI=1S/C23H25N3O3/c1-16-7-8-17(2)22(13-16)29-18-9-11-25(12-10-18)23(28)15-26-20-6-4-3-5-19(20)21(27)14-24-26/h3-8,13-14,18H,9-12,15H2,1-2H3. The fourth-order valence-electron chi connectivity index (χ4n) is 3.75. The quantitative estimate of drug-likeness (QED) is 0.686. The summed E-state index contributed by atoms with van der Waals surface area (Å²) in [5, 5.41) is 4.74. The van der Waals surface area contributed by atoms with Gasteiger partial charge in [0.15, 0.2) is 0 Å². The van der Waals surface area contributed by atoms with Gasteiger partial charge in [-0.3, -0.25) is 14.3 Å². The molecule has 0 spiro atoms. The number of aryl methyl sites for hydroxylation is 2. The second-order valence-electron chi connectivity index (χ2n) is 7.65. The van der Waals surface area contributed by atoms with Crippen LogP contribution in [0.5, 0.6) is 5.75 Å². The number of hydrogen-bond donors (Lipinski definition) is 0. The number of carbonyl (C=O) groups is 1. The Morgan fingerprint density at radius 1 is 1.14 bits per heavy atom. The Morgan fingerprint density at radius 2 is 1.90 bits per heavy atom. The largest absolute Gasteiger partial charge is 0.490 e. The van der Waals surface area contributed by atoms with Crippen LogP contribution < -0.4 is 10.2 Å². The van der Waals surface area contributed by atoms with Crippen molar-refractivity contribution in [2.75, 3.05) is 13.1 Å². The molecule has 3 aromatic rings. The number of piperidine rings is 1. The summed E-state index contributed by atoms with van der Waals surface area (Å²) in [5.41, 5.74) is 2.86. The lowest BCUT2D eigenvalue weighted by molar-refractivity contribution is -0.133. The van der Waals surface area contributed by atoms with Crippen LogP contribution in [0.3, 0.4) is 0 Å². The third-order valence-electron chi connectivity index (χ3n) is 5.48. The van der Waals surface area contributed by atoms with Crippen LogP contribution >= 0.6 is 0 Å². The summed E-state index contributed by atoms with van der Waals surface area (Å²) in [6.07, 6.45) is 3.00. The van der Waals surface area contributed by atoms with E-state index in [1.165, 1.54) is 11.8 Å². The molecule has 0 atom stereocenters. The molecule has 6 heteroatoms. The van der Waals surface area contributed by atoms with Crippen LogP contribution in [-0.4, -0.2) is 39.8 Å². The van der Waals surface area contributed by atoms with Gasteiger partial charge in [-0.2, -0.15) is 5.10 Å². The van der Waals surface area contributed by atoms with Gasteiger partial charge >= 0.3 is 0 Å². The number of ether oxygens (including phenoxy) is 1. The zero-order valence-electron chi connectivity index (χ0n) is 16.8. The number of rotatable bonds is 4. The van der Waals surface area contributed by atoms with Crippen molar-refractivity contribution >= 4 is 16.8 Å². The highest BCUT2D eigenvalue weighted by Crippen LogP contribution is 2.24. The van der Waals surface area contributed by atoms with Crippen molar-refractivity contribution < 1.29 is 9.53 Å². The first-order valence-corrected chi connectivity index (χ1v) is 9.98. The Labute approximate surface area is 169 Å². The van der Waals surface area contributed by atoms with Gasteiger partial charge in [0, 0.05) is 31.3 Å². The van der Waals surface area contributed by atoms with E-state index in [1.807, 2.05) is 23.1 Å². The lowest BCUT2D eigenvalue weighted by atomic mass is 10.1. The van der Waals surface area contributed by atoms with E-state index in [4.69, 9.17) is 4.74 Å². The number of aromatic nitrogens is 2. The molecule has 0 aliphatic carbocycles. The minimum Gasteiger partial charge on any atom is -0.490 e. The van der Waals surface area contributed by atoms with E-state index >= 15 is 0 Å². The summed E-state index contributed by atoms with van der Waals surface area (Å²) >= 11 is 0. The number of fused-ring (bicyclic) bond motifs is 1. The first-order chi connectivity index (χ1) is 14.0. The van der Waals surface area contributed by atoms with Crippen molar-refractivity contribution in [2.24, 2.45) is 0 Å². The number of nitrogens with zero attached hydrogens (tertiary/aromatic N) is 3. The highest BCUT2D eigenvalue weighted by molar-refractivity contribution is 5.81. The van der Waals surface area contributed by atoms with Crippen LogP contribution in [0.25, 0.3) is 10.9 Å². The molecule has 1 aliphatic heterocycles. The van der Waals surface area contributed by atoms with Gasteiger partial charge < -0.3 is 9.64 Å². The van der Waals surface area contributed by atoms with Crippen molar-refractivity contribution in [3.8, 4) is 5.75 Å². The molecule has 1 saturated heterocycles. The van der Waals surface area contributed by atoms with Crippen LogP contribution in [0.15, 0.2) is 53.5 Å². The summed E-state index contributed by atoms with van der Waals surface area (Å²) in [5.74, 6) is 0.940. The molecule has 2 aromatic carbocycles. The van der Waals surface area contributed by atoms with E-state index in [9.17, 15) is 9.59 Å². The van der Waals surface area contributed by atoms with E-state index in [0.29, 0.717) is 24.0 Å². The highest BCUT2D eigenvalue weighted by Gasteiger charge is 2.24. The average molecular weight is 391 g/mol. The summed E-state index contributed by atoms with van der Waals surface area (Å²) in [6, 6.07) is 13.5. The summed E-state index contributed by atoms with van der Waals surface area (Å²) in [7, 11) is 0. The molecular weight excluding hydrogens is 366 g/mol. The molecular formula is C23H25N3O3. The van der Waals surface area contributed by atoms with Crippen LogP contribution in [0, 0.1) is 13.8 Å². The van der Waals surface area contributed by atoms with Crippen molar-refractivity contribution in [1.29, 1.82) is 0 Å². The average Bonchev–Trinajstić information content (AvgIpc) is 2.73. The zero-order valence-corrected chi connectivity index (χ0v) is 16.8.